The lowest BCUT2D eigenvalue weighted by molar-refractivity contribution is 0.642. The fraction of sp³-hybridized carbons (Fsp3) is 0.600. The summed E-state index contributed by atoms with van der Waals surface area (Å²) in [6.07, 6.45) is 1.16. The SMILES string of the molecule is CCCNCc1ccc(SC(C)C(C)C)c(Cl)c1. The minimum Gasteiger partial charge on any atom is -0.313 e. The van der Waals surface area contributed by atoms with Crippen molar-refractivity contribution in [2.75, 3.05) is 6.54 Å². The Hall–Kier alpha value is -0.180. The molecule has 102 valence electrons. The minimum atomic E-state index is 0.589. The topological polar surface area (TPSA) is 12.0 Å². The smallest absolute Gasteiger partial charge is 0.0545 e. The van der Waals surface area contributed by atoms with Gasteiger partial charge in [-0.15, -0.1) is 11.8 Å². The number of rotatable bonds is 7. The maximum Gasteiger partial charge on any atom is 0.0545 e. The van der Waals surface area contributed by atoms with Gasteiger partial charge in [-0.2, -0.15) is 0 Å². The molecule has 0 amide bonds. The number of nitrogens with one attached hydrogen (secondary N) is 1. The second-order valence-electron chi connectivity index (χ2n) is 5.01. The van der Waals surface area contributed by atoms with Crippen LogP contribution in [0.2, 0.25) is 5.02 Å². The molecule has 1 atom stereocenters. The van der Waals surface area contributed by atoms with E-state index in [2.05, 4.69) is 51.2 Å². The monoisotopic (exact) mass is 285 g/mol. The highest BCUT2D eigenvalue weighted by atomic mass is 35.5. The van der Waals surface area contributed by atoms with Gasteiger partial charge in [-0.05, 0) is 36.6 Å². The molecule has 0 spiro atoms. The van der Waals surface area contributed by atoms with Crippen molar-refractivity contribution in [3.05, 3.63) is 28.8 Å². The average molecular weight is 286 g/mol. The average Bonchev–Trinajstić information content (AvgIpc) is 2.32. The zero-order valence-electron chi connectivity index (χ0n) is 11.8. The molecule has 0 fully saturated rings. The van der Waals surface area contributed by atoms with Gasteiger partial charge in [0.05, 0.1) is 5.02 Å². The van der Waals surface area contributed by atoms with E-state index in [0.717, 1.165) is 24.5 Å². The van der Waals surface area contributed by atoms with Gasteiger partial charge in [-0.3, -0.25) is 0 Å². The maximum atomic E-state index is 6.34. The van der Waals surface area contributed by atoms with Crippen LogP contribution in [0, 0.1) is 5.92 Å². The molecular weight excluding hydrogens is 262 g/mol. The Kier molecular flexibility index (Phi) is 7.13. The lowest BCUT2D eigenvalue weighted by Gasteiger charge is -2.16. The van der Waals surface area contributed by atoms with Crippen LogP contribution in [0.4, 0.5) is 0 Å². The second kappa shape index (κ2) is 8.08. The second-order valence-corrected chi connectivity index (χ2v) is 6.83. The van der Waals surface area contributed by atoms with Crippen LogP contribution in [0.25, 0.3) is 0 Å². The van der Waals surface area contributed by atoms with E-state index in [9.17, 15) is 0 Å². The number of hydrogen-bond acceptors (Lipinski definition) is 2. The summed E-state index contributed by atoms with van der Waals surface area (Å²) >= 11 is 8.21. The molecular formula is C15H24ClNS. The quantitative estimate of drug-likeness (QED) is 0.560. The number of thioether (sulfide) groups is 1. The third-order valence-electron chi connectivity index (χ3n) is 3.00. The summed E-state index contributed by atoms with van der Waals surface area (Å²) in [6.45, 7) is 10.9. The van der Waals surface area contributed by atoms with Crippen LogP contribution in [-0.4, -0.2) is 11.8 Å². The van der Waals surface area contributed by atoms with Crippen LogP contribution in [0.5, 0.6) is 0 Å². The largest absolute Gasteiger partial charge is 0.313 e. The van der Waals surface area contributed by atoms with E-state index in [0.29, 0.717) is 11.2 Å². The Morgan fingerprint density at radius 3 is 2.56 bits per heavy atom. The molecule has 0 heterocycles. The molecule has 1 aromatic rings. The van der Waals surface area contributed by atoms with E-state index in [1.54, 1.807) is 0 Å². The molecule has 1 N–H and O–H groups in total. The van der Waals surface area contributed by atoms with Gasteiger partial charge in [0.2, 0.25) is 0 Å². The molecule has 1 rings (SSSR count). The van der Waals surface area contributed by atoms with Crippen molar-refractivity contribution in [1.29, 1.82) is 0 Å². The third kappa shape index (κ3) is 5.21. The lowest BCUT2D eigenvalue weighted by atomic mass is 10.2. The van der Waals surface area contributed by atoms with Gasteiger partial charge in [0.1, 0.15) is 0 Å². The Balaban J connectivity index is 2.62. The standard InChI is InChI=1S/C15H24ClNS/c1-5-8-17-10-13-6-7-15(14(16)9-13)18-12(4)11(2)3/h6-7,9,11-12,17H,5,8,10H2,1-4H3. The summed E-state index contributed by atoms with van der Waals surface area (Å²) in [5, 5.41) is 4.86. The summed E-state index contributed by atoms with van der Waals surface area (Å²) in [7, 11) is 0. The van der Waals surface area contributed by atoms with Gasteiger partial charge in [0.25, 0.3) is 0 Å². The van der Waals surface area contributed by atoms with Crippen LogP contribution in [0.15, 0.2) is 23.1 Å². The van der Waals surface area contributed by atoms with Gasteiger partial charge >= 0.3 is 0 Å². The lowest BCUT2D eigenvalue weighted by Crippen LogP contribution is -2.13. The Morgan fingerprint density at radius 1 is 1.28 bits per heavy atom. The predicted octanol–water partition coefficient (Wildman–Crippen LogP) is 4.98. The first-order chi connectivity index (χ1) is 8.54. The van der Waals surface area contributed by atoms with Gasteiger partial charge in [-0.25, -0.2) is 0 Å². The minimum absolute atomic E-state index is 0.589. The maximum absolute atomic E-state index is 6.34. The van der Waals surface area contributed by atoms with Crippen molar-refractivity contribution in [2.24, 2.45) is 5.92 Å². The Bertz CT molecular complexity index is 366. The van der Waals surface area contributed by atoms with Crippen molar-refractivity contribution in [2.45, 2.75) is 50.8 Å². The molecule has 0 saturated heterocycles. The molecule has 1 aromatic carbocycles. The molecule has 1 nitrogen and oxygen atoms in total. The van der Waals surface area contributed by atoms with E-state index in [1.807, 2.05) is 11.8 Å². The first-order valence-electron chi connectivity index (χ1n) is 6.70. The molecule has 18 heavy (non-hydrogen) atoms. The Morgan fingerprint density at radius 2 is 2.00 bits per heavy atom. The van der Waals surface area contributed by atoms with Crippen molar-refractivity contribution < 1.29 is 0 Å². The highest BCUT2D eigenvalue weighted by Crippen LogP contribution is 2.33. The molecule has 0 aliphatic rings. The third-order valence-corrected chi connectivity index (χ3v) is 4.95. The van der Waals surface area contributed by atoms with Crippen LogP contribution in [0.3, 0.4) is 0 Å². The molecule has 0 radical (unpaired) electrons. The fourth-order valence-corrected chi connectivity index (χ4v) is 2.82. The number of halogens is 1. The van der Waals surface area contributed by atoms with Gasteiger partial charge in [0, 0.05) is 16.7 Å². The van der Waals surface area contributed by atoms with Crippen LogP contribution < -0.4 is 5.32 Å². The van der Waals surface area contributed by atoms with Gasteiger partial charge < -0.3 is 5.32 Å². The molecule has 0 aliphatic carbocycles. The van der Waals surface area contributed by atoms with Crippen molar-refractivity contribution in [3.8, 4) is 0 Å². The molecule has 0 aromatic heterocycles. The summed E-state index contributed by atoms with van der Waals surface area (Å²) in [5.41, 5.74) is 1.26. The van der Waals surface area contributed by atoms with Crippen molar-refractivity contribution in [1.82, 2.24) is 5.32 Å². The van der Waals surface area contributed by atoms with Crippen molar-refractivity contribution >= 4 is 23.4 Å². The number of benzene rings is 1. The van der Waals surface area contributed by atoms with E-state index < -0.39 is 0 Å². The summed E-state index contributed by atoms with van der Waals surface area (Å²) in [4.78, 5) is 1.19. The molecule has 3 heteroatoms. The van der Waals surface area contributed by atoms with Crippen LogP contribution in [0.1, 0.15) is 39.7 Å². The zero-order valence-corrected chi connectivity index (χ0v) is 13.4. The number of hydrogen-bond donors (Lipinski definition) is 1. The summed E-state index contributed by atoms with van der Waals surface area (Å²) < 4.78 is 0. The van der Waals surface area contributed by atoms with E-state index in [1.165, 1.54) is 10.5 Å². The fourth-order valence-electron chi connectivity index (χ4n) is 1.50. The normalized spacial score (nSPS) is 13.0. The van der Waals surface area contributed by atoms with E-state index in [-0.39, 0.29) is 0 Å². The van der Waals surface area contributed by atoms with Crippen LogP contribution >= 0.6 is 23.4 Å². The molecule has 0 bridgehead atoms. The first kappa shape index (κ1) is 15.9. The van der Waals surface area contributed by atoms with Crippen molar-refractivity contribution in [3.63, 3.8) is 0 Å². The van der Waals surface area contributed by atoms with E-state index >= 15 is 0 Å². The first-order valence-corrected chi connectivity index (χ1v) is 7.96. The Labute approximate surface area is 121 Å². The molecule has 1 unspecified atom stereocenters. The molecule has 0 saturated carbocycles. The van der Waals surface area contributed by atoms with Gasteiger partial charge in [-0.1, -0.05) is 45.4 Å². The van der Waals surface area contributed by atoms with E-state index in [4.69, 9.17) is 11.6 Å². The molecule has 0 aliphatic heterocycles. The zero-order chi connectivity index (χ0) is 13.5. The highest BCUT2D eigenvalue weighted by molar-refractivity contribution is 8.00. The predicted molar refractivity (Wildman–Crippen MR) is 83.6 cm³/mol. The van der Waals surface area contributed by atoms with Gasteiger partial charge in [0.15, 0.2) is 0 Å². The van der Waals surface area contributed by atoms with Crippen LogP contribution in [-0.2, 0) is 6.54 Å². The highest BCUT2D eigenvalue weighted by Gasteiger charge is 2.11. The summed E-state index contributed by atoms with van der Waals surface area (Å²) in [6, 6.07) is 6.40. The summed E-state index contributed by atoms with van der Waals surface area (Å²) in [5.74, 6) is 0.664.